The zero-order valence-corrected chi connectivity index (χ0v) is 12.7. The van der Waals surface area contributed by atoms with Gasteiger partial charge in [-0.2, -0.15) is 0 Å². The molecule has 2 heterocycles. The Bertz CT molecular complexity index is 600. The zero-order chi connectivity index (χ0) is 14.5. The summed E-state index contributed by atoms with van der Waals surface area (Å²) in [4.78, 5) is 4.54. The van der Waals surface area contributed by atoms with Gasteiger partial charge in [0.25, 0.3) is 0 Å². The van der Waals surface area contributed by atoms with E-state index in [4.69, 9.17) is 14.2 Å². The maximum Gasteiger partial charge on any atom is 0.231 e. The van der Waals surface area contributed by atoms with E-state index in [1.54, 1.807) is 11.3 Å². The average molecular weight is 306 g/mol. The number of aromatic nitrogens is 1. The van der Waals surface area contributed by atoms with Crippen LogP contribution in [0.4, 0.5) is 0 Å². The first kappa shape index (κ1) is 14.2. The summed E-state index contributed by atoms with van der Waals surface area (Å²) >= 11 is 1.66. The van der Waals surface area contributed by atoms with Gasteiger partial charge in [0.05, 0.1) is 5.69 Å². The number of ether oxygens (including phenoxy) is 3. The standard InChI is InChI=1S/C15H18N2O3S/c1-2-5-16-7-15-17-11(9-21-15)8-18-12-3-4-13-14(6-12)20-10-19-13/h3-4,6,9,16H,2,5,7-8,10H2,1H3. The number of thiazole rings is 1. The molecule has 0 amide bonds. The first-order valence-electron chi connectivity index (χ1n) is 7.01. The molecule has 0 unspecified atom stereocenters. The minimum Gasteiger partial charge on any atom is -0.487 e. The maximum atomic E-state index is 5.74. The molecule has 0 fully saturated rings. The number of benzene rings is 1. The zero-order valence-electron chi connectivity index (χ0n) is 11.9. The van der Waals surface area contributed by atoms with Crippen LogP contribution in [0, 0.1) is 0 Å². The molecule has 2 aromatic rings. The third kappa shape index (κ3) is 3.65. The van der Waals surface area contributed by atoms with Gasteiger partial charge in [-0.15, -0.1) is 11.3 Å². The van der Waals surface area contributed by atoms with E-state index in [2.05, 4.69) is 17.2 Å². The smallest absolute Gasteiger partial charge is 0.231 e. The Morgan fingerprint density at radius 1 is 1.33 bits per heavy atom. The minimum absolute atomic E-state index is 0.277. The minimum atomic E-state index is 0.277. The van der Waals surface area contributed by atoms with E-state index in [-0.39, 0.29) is 6.79 Å². The van der Waals surface area contributed by atoms with Crippen molar-refractivity contribution in [1.82, 2.24) is 10.3 Å². The molecule has 112 valence electrons. The SMILES string of the molecule is CCCNCc1nc(COc2ccc3c(c2)OCO3)cs1. The quantitative estimate of drug-likeness (QED) is 0.797. The fourth-order valence-electron chi connectivity index (χ4n) is 1.99. The predicted molar refractivity (Wildman–Crippen MR) is 81.0 cm³/mol. The molecule has 0 saturated carbocycles. The van der Waals surface area contributed by atoms with Crippen molar-refractivity contribution in [2.75, 3.05) is 13.3 Å². The van der Waals surface area contributed by atoms with Crippen molar-refractivity contribution in [3.05, 3.63) is 34.3 Å². The molecule has 1 N–H and O–H groups in total. The largest absolute Gasteiger partial charge is 0.487 e. The van der Waals surface area contributed by atoms with E-state index in [1.165, 1.54) is 0 Å². The summed E-state index contributed by atoms with van der Waals surface area (Å²) in [7, 11) is 0. The van der Waals surface area contributed by atoms with E-state index >= 15 is 0 Å². The second-order valence-corrected chi connectivity index (χ2v) is 5.66. The van der Waals surface area contributed by atoms with Gasteiger partial charge >= 0.3 is 0 Å². The van der Waals surface area contributed by atoms with Crippen LogP contribution in [-0.2, 0) is 13.2 Å². The van der Waals surface area contributed by atoms with Crippen molar-refractivity contribution in [2.24, 2.45) is 0 Å². The van der Waals surface area contributed by atoms with E-state index in [0.717, 1.165) is 47.5 Å². The monoisotopic (exact) mass is 306 g/mol. The van der Waals surface area contributed by atoms with Crippen LogP contribution >= 0.6 is 11.3 Å². The van der Waals surface area contributed by atoms with Gasteiger partial charge in [-0.25, -0.2) is 4.98 Å². The molecule has 1 aromatic heterocycles. The Morgan fingerprint density at radius 3 is 3.14 bits per heavy atom. The second-order valence-electron chi connectivity index (χ2n) is 4.71. The molecule has 0 spiro atoms. The molecule has 6 heteroatoms. The summed E-state index contributed by atoms with van der Waals surface area (Å²) in [6, 6.07) is 5.58. The van der Waals surface area contributed by atoms with Crippen molar-refractivity contribution >= 4 is 11.3 Å². The second kappa shape index (κ2) is 6.78. The van der Waals surface area contributed by atoms with E-state index < -0.39 is 0 Å². The van der Waals surface area contributed by atoms with Crippen LogP contribution in [0.15, 0.2) is 23.6 Å². The summed E-state index contributed by atoms with van der Waals surface area (Å²) < 4.78 is 16.3. The van der Waals surface area contributed by atoms with Gasteiger partial charge in [-0.05, 0) is 25.1 Å². The molecule has 5 nitrogen and oxygen atoms in total. The molecule has 1 aromatic carbocycles. The number of hydrogen-bond donors (Lipinski definition) is 1. The molecule has 0 aliphatic carbocycles. The first-order chi connectivity index (χ1) is 10.3. The molecular formula is C15H18N2O3S. The van der Waals surface area contributed by atoms with Crippen molar-refractivity contribution in [1.29, 1.82) is 0 Å². The van der Waals surface area contributed by atoms with Crippen molar-refractivity contribution in [2.45, 2.75) is 26.5 Å². The summed E-state index contributed by atoms with van der Waals surface area (Å²) in [5.74, 6) is 2.26. The summed E-state index contributed by atoms with van der Waals surface area (Å²) in [6.07, 6.45) is 1.13. The number of nitrogens with zero attached hydrogens (tertiary/aromatic N) is 1. The summed E-state index contributed by atoms with van der Waals surface area (Å²) in [5.41, 5.74) is 0.950. The van der Waals surface area contributed by atoms with Crippen LogP contribution in [-0.4, -0.2) is 18.3 Å². The number of fused-ring (bicyclic) bond motifs is 1. The Balaban J connectivity index is 1.53. The molecule has 0 radical (unpaired) electrons. The number of rotatable bonds is 7. The van der Waals surface area contributed by atoms with E-state index in [0.29, 0.717) is 6.61 Å². The molecule has 1 aliphatic heterocycles. The lowest BCUT2D eigenvalue weighted by atomic mass is 10.3. The molecule has 0 atom stereocenters. The highest BCUT2D eigenvalue weighted by Gasteiger charge is 2.13. The molecule has 3 rings (SSSR count). The van der Waals surface area contributed by atoms with Crippen LogP contribution < -0.4 is 19.5 Å². The van der Waals surface area contributed by atoms with Crippen LogP contribution in [0.5, 0.6) is 17.2 Å². The van der Waals surface area contributed by atoms with Gasteiger partial charge in [0, 0.05) is 18.0 Å². The Hall–Kier alpha value is -1.79. The molecule has 1 aliphatic rings. The fourth-order valence-corrected chi connectivity index (χ4v) is 2.74. The Kier molecular flexibility index (Phi) is 4.57. The molecular weight excluding hydrogens is 288 g/mol. The lowest BCUT2D eigenvalue weighted by Crippen LogP contribution is -2.13. The molecule has 0 saturated heterocycles. The maximum absolute atomic E-state index is 5.74. The third-order valence-corrected chi connectivity index (χ3v) is 3.93. The van der Waals surface area contributed by atoms with Gasteiger partial charge in [-0.3, -0.25) is 0 Å². The fraction of sp³-hybridized carbons (Fsp3) is 0.400. The van der Waals surface area contributed by atoms with E-state index in [1.807, 2.05) is 23.6 Å². The van der Waals surface area contributed by atoms with Crippen LogP contribution in [0.25, 0.3) is 0 Å². The van der Waals surface area contributed by atoms with Gasteiger partial charge in [0.2, 0.25) is 6.79 Å². The van der Waals surface area contributed by atoms with Crippen molar-refractivity contribution in [3.8, 4) is 17.2 Å². The van der Waals surface area contributed by atoms with Crippen LogP contribution in [0.2, 0.25) is 0 Å². The Morgan fingerprint density at radius 2 is 2.24 bits per heavy atom. The lowest BCUT2D eigenvalue weighted by molar-refractivity contribution is 0.173. The highest BCUT2D eigenvalue weighted by Crippen LogP contribution is 2.35. The lowest BCUT2D eigenvalue weighted by Gasteiger charge is -2.05. The molecule has 0 bridgehead atoms. The third-order valence-electron chi connectivity index (χ3n) is 3.03. The van der Waals surface area contributed by atoms with E-state index in [9.17, 15) is 0 Å². The van der Waals surface area contributed by atoms with Gasteiger partial charge < -0.3 is 19.5 Å². The van der Waals surface area contributed by atoms with Crippen molar-refractivity contribution < 1.29 is 14.2 Å². The normalized spacial score (nSPS) is 12.6. The number of hydrogen-bond acceptors (Lipinski definition) is 6. The van der Waals surface area contributed by atoms with Gasteiger partial charge in [0.1, 0.15) is 17.4 Å². The number of nitrogens with one attached hydrogen (secondary N) is 1. The highest BCUT2D eigenvalue weighted by molar-refractivity contribution is 7.09. The van der Waals surface area contributed by atoms with Gasteiger partial charge in [0.15, 0.2) is 11.5 Å². The predicted octanol–water partition coefficient (Wildman–Crippen LogP) is 2.95. The average Bonchev–Trinajstić information content (AvgIpc) is 3.13. The first-order valence-corrected chi connectivity index (χ1v) is 7.89. The van der Waals surface area contributed by atoms with Crippen LogP contribution in [0.3, 0.4) is 0 Å². The topological polar surface area (TPSA) is 52.6 Å². The summed E-state index contributed by atoms with van der Waals surface area (Å²) in [5, 5.41) is 6.47. The summed E-state index contributed by atoms with van der Waals surface area (Å²) in [6.45, 7) is 4.73. The van der Waals surface area contributed by atoms with Gasteiger partial charge in [-0.1, -0.05) is 6.92 Å². The highest BCUT2D eigenvalue weighted by atomic mass is 32.1. The Labute approximate surface area is 127 Å². The molecule has 21 heavy (non-hydrogen) atoms. The van der Waals surface area contributed by atoms with Crippen molar-refractivity contribution in [3.63, 3.8) is 0 Å². The van der Waals surface area contributed by atoms with Crippen LogP contribution in [0.1, 0.15) is 24.0 Å².